The third-order valence-corrected chi connectivity index (χ3v) is 3.96. The van der Waals surface area contributed by atoms with Crippen molar-refractivity contribution < 1.29 is 4.39 Å². The molecular weight excluding hydrogens is 271 g/mol. The molecule has 0 nitrogen and oxygen atoms in total. The third kappa shape index (κ3) is 4.43. The van der Waals surface area contributed by atoms with Crippen LogP contribution in [0.15, 0.2) is 71.7 Å². The number of halogens is 1. The molecule has 0 aromatic rings. The van der Waals surface area contributed by atoms with E-state index in [0.29, 0.717) is 0 Å². The van der Waals surface area contributed by atoms with Gasteiger partial charge in [0.05, 0.1) is 0 Å². The second kappa shape index (κ2) is 5.53. The lowest BCUT2D eigenvalue weighted by atomic mass is 9.80. The van der Waals surface area contributed by atoms with E-state index < -0.39 is 0 Å². The van der Waals surface area contributed by atoms with Crippen LogP contribution in [0.5, 0.6) is 0 Å². The average Bonchev–Trinajstić information content (AvgIpc) is 2.49. The van der Waals surface area contributed by atoms with Gasteiger partial charge in [-0.25, -0.2) is 4.39 Å². The molecule has 0 heterocycles. The number of hydrogen-bond acceptors (Lipinski definition) is 0. The first-order chi connectivity index (χ1) is 9.98. The summed E-state index contributed by atoms with van der Waals surface area (Å²) in [6, 6.07) is 0. The molecule has 2 aliphatic rings. The van der Waals surface area contributed by atoms with Crippen LogP contribution in [-0.4, -0.2) is 0 Å². The van der Waals surface area contributed by atoms with Crippen LogP contribution in [0.4, 0.5) is 4.39 Å². The quantitative estimate of drug-likeness (QED) is 0.487. The van der Waals surface area contributed by atoms with Crippen molar-refractivity contribution in [1.29, 1.82) is 0 Å². The number of hydrogen-bond donors (Lipinski definition) is 0. The molecule has 0 spiro atoms. The van der Waals surface area contributed by atoms with E-state index in [1.807, 2.05) is 19.9 Å². The Kier molecular flexibility index (Phi) is 4.21. The third-order valence-electron chi connectivity index (χ3n) is 3.96. The predicted molar refractivity (Wildman–Crippen MR) is 94.1 cm³/mol. The van der Waals surface area contributed by atoms with Gasteiger partial charge in [-0.2, -0.15) is 0 Å². The molecule has 2 rings (SSSR count). The first kappa shape index (κ1) is 16.7. The van der Waals surface area contributed by atoms with E-state index in [-0.39, 0.29) is 22.1 Å². The minimum atomic E-state index is -0.296. The van der Waals surface area contributed by atoms with Crippen molar-refractivity contribution in [2.24, 2.45) is 16.2 Å². The summed E-state index contributed by atoms with van der Waals surface area (Å²) in [6.45, 7) is 12.8. The summed E-state index contributed by atoms with van der Waals surface area (Å²) in [4.78, 5) is 0. The summed E-state index contributed by atoms with van der Waals surface area (Å²) in [7, 11) is 0. The highest BCUT2D eigenvalue weighted by molar-refractivity contribution is 5.52. The molecule has 2 aliphatic carbocycles. The second-order valence-corrected chi connectivity index (χ2v) is 8.19. The van der Waals surface area contributed by atoms with Gasteiger partial charge < -0.3 is 0 Å². The molecule has 0 atom stereocenters. The summed E-state index contributed by atoms with van der Waals surface area (Å²) in [5, 5.41) is 0. The zero-order valence-corrected chi connectivity index (χ0v) is 14.6. The number of rotatable bonds is 1. The first-order valence-electron chi connectivity index (χ1n) is 7.90. The molecule has 0 unspecified atom stereocenters. The molecular formula is C21H27F. The summed E-state index contributed by atoms with van der Waals surface area (Å²) >= 11 is 0. The average molecular weight is 298 g/mol. The van der Waals surface area contributed by atoms with Crippen LogP contribution in [0.3, 0.4) is 0 Å². The molecule has 0 saturated heterocycles. The maximum absolute atomic E-state index is 13.8. The Morgan fingerprint density at radius 2 is 1.14 bits per heavy atom. The molecule has 22 heavy (non-hydrogen) atoms. The van der Waals surface area contributed by atoms with Gasteiger partial charge in [0, 0.05) is 16.2 Å². The van der Waals surface area contributed by atoms with Crippen LogP contribution in [0.25, 0.3) is 0 Å². The van der Waals surface area contributed by atoms with Crippen LogP contribution in [0.2, 0.25) is 0 Å². The predicted octanol–water partition coefficient (Wildman–Crippen LogP) is 6.47. The van der Waals surface area contributed by atoms with E-state index in [9.17, 15) is 4.39 Å². The van der Waals surface area contributed by atoms with E-state index in [0.717, 1.165) is 11.1 Å². The highest BCUT2D eigenvalue weighted by Gasteiger charge is 2.21. The minimum absolute atomic E-state index is 0.0187. The smallest absolute Gasteiger partial charge is 0.120 e. The Balaban J connectivity index is 2.53. The van der Waals surface area contributed by atoms with Crippen LogP contribution < -0.4 is 0 Å². The Labute approximate surface area is 134 Å². The zero-order valence-electron chi connectivity index (χ0n) is 14.6. The summed E-state index contributed by atoms with van der Waals surface area (Å²) in [5.41, 5.74) is 1.91. The van der Waals surface area contributed by atoms with Crippen LogP contribution >= 0.6 is 0 Å². The molecule has 0 fully saturated rings. The molecule has 118 valence electrons. The van der Waals surface area contributed by atoms with Gasteiger partial charge in [0.2, 0.25) is 0 Å². The maximum Gasteiger partial charge on any atom is 0.120 e. The van der Waals surface area contributed by atoms with Crippen molar-refractivity contribution in [1.82, 2.24) is 0 Å². The summed E-state index contributed by atoms with van der Waals surface area (Å²) in [6.07, 6.45) is 18.4. The SMILES string of the molecule is CC1(C)C=C(F)C=CC(C2=C/C(C)(C)/C=C\C(C)(C)/C=C\2)=C1. The molecule has 0 bridgehead atoms. The van der Waals surface area contributed by atoms with Gasteiger partial charge in [-0.05, 0) is 23.3 Å². The molecule has 0 radical (unpaired) electrons. The van der Waals surface area contributed by atoms with Crippen LogP contribution in [0.1, 0.15) is 41.5 Å². The normalized spacial score (nSPS) is 30.8. The fourth-order valence-corrected chi connectivity index (χ4v) is 2.71. The van der Waals surface area contributed by atoms with Crippen molar-refractivity contribution in [2.45, 2.75) is 41.5 Å². The summed E-state index contributed by atoms with van der Waals surface area (Å²) in [5.74, 6) is -0.175. The van der Waals surface area contributed by atoms with Gasteiger partial charge in [0.1, 0.15) is 5.83 Å². The molecule has 0 amide bonds. The van der Waals surface area contributed by atoms with Gasteiger partial charge in [-0.1, -0.05) is 84.1 Å². The lowest BCUT2D eigenvalue weighted by Gasteiger charge is -2.25. The highest BCUT2D eigenvalue weighted by atomic mass is 19.1. The Morgan fingerprint density at radius 3 is 1.82 bits per heavy atom. The first-order valence-corrected chi connectivity index (χ1v) is 7.90. The van der Waals surface area contributed by atoms with E-state index in [4.69, 9.17) is 0 Å². The monoisotopic (exact) mass is 298 g/mol. The Hall–Kier alpha value is -1.63. The van der Waals surface area contributed by atoms with Crippen LogP contribution in [0, 0.1) is 16.2 Å². The largest absolute Gasteiger partial charge is 0.207 e. The molecule has 0 aromatic heterocycles. The Morgan fingerprint density at radius 1 is 0.591 bits per heavy atom. The number of allylic oxidation sites excluding steroid dienone is 12. The lowest BCUT2D eigenvalue weighted by molar-refractivity contribution is 0.571. The van der Waals surface area contributed by atoms with Gasteiger partial charge in [-0.15, -0.1) is 0 Å². The van der Waals surface area contributed by atoms with Gasteiger partial charge in [-0.3, -0.25) is 0 Å². The fourth-order valence-electron chi connectivity index (χ4n) is 2.71. The fraction of sp³-hybridized carbons (Fsp3) is 0.429. The molecule has 0 saturated carbocycles. The Bertz CT molecular complexity index is 629. The van der Waals surface area contributed by atoms with Gasteiger partial charge in [0.25, 0.3) is 0 Å². The maximum atomic E-state index is 13.8. The molecule has 0 aromatic carbocycles. The van der Waals surface area contributed by atoms with Crippen molar-refractivity contribution in [3.63, 3.8) is 0 Å². The molecule has 0 aliphatic heterocycles. The topological polar surface area (TPSA) is 0 Å². The van der Waals surface area contributed by atoms with Crippen molar-refractivity contribution in [3.05, 3.63) is 71.7 Å². The van der Waals surface area contributed by atoms with Crippen molar-refractivity contribution >= 4 is 0 Å². The lowest BCUT2D eigenvalue weighted by Crippen LogP contribution is -2.12. The van der Waals surface area contributed by atoms with E-state index in [2.05, 4.69) is 64.2 Å². The minimum Gasteiger partial charge on any atom is -0.207 e. The van der Waals surface area contributed by atoms with Gasteiger partial charge >= 0.3 is 0 Å². The standard InChI is InChI=1S/C21H27F/c1-19(2)10-9-17(13-20(3,4)12-11-19)16-7-8-18(22)15-21(5,6)14-16/h7-15H,1-6H3/b10-9-,12-11-,17-13+. The second-order valence-electron chi connectivity index (χ2n) is 8.19. The molecule has 1 heteroatoms. The summed E-state index contributed by atoms with van der Waals surface area (Å²) < 4.78 is 13.8. The van der Waals surface area contributed by atoms with Gasteiger partial charge in [0.15, 0.2) is 0 Å². The molecule has 0 N–H and O–H groups in total. The van der Waals surface area contributed by atoms with Crippen molar-refractivity contribution in [2.75, 3.05) is 0 Å². The van der Waals surface area contributed by atoms with E-state index >= 15 is 0 Å². The van der Waals surface area contributed by atoms with Crippen molar-refractivity contribution in [3.8, 4) is 0 Å². The zero-order chi connectivity index (χ0) is 16.6. The van der Waals surface area contributed by atoms with E-state index in [1.165, 1.54) is 0 Å². The highest BCUT2D eigenvalue weighted by Crippen LogP contribution is 2.35. The van der Waals surface area contributed by atoms with E-state index in [1.54, 1.807) is 12.2 Å². The van der Waals surface area contributed by atoms with Crippen LogP contribution in [-0.2, 0) is 0 Å².